The van der Waals surface area contributed by atoms with Gasteiger partial charge in [0.05, 0.1) is 17.4 Å². The lowest BCUT2D eigenvalue weighted by Gasteiger charge is -2.26. The summed E-state index contributed by atoms with van der Waals surface area (Å²) >= 11 is 0. The maximum absolute atomic E-state index is 13.9. The quantitative estimate of drug-likeness (QED) is 0.117. The number of halogens is 4. The molecule has 2 saturated carbocycles. The number of rotatable bonds is 8. The zero-order valence-corrected chi connectivity index (χ0v) is 42.1. The van der Waals surface area contributed by atoms with E-state index in [1.54, 1.807) is 48.5 Å². The van der Waals surface area contributed by atoms with Crippen LogP contribution in [-0.2, 0) is 5.41 Å². The van der Waals surface area contributed by atoms with E-state index in [-0.39, 0.29) is 46.5 Å². The summed E-state index contributed by atoms with van der Waals surface area (Å²) in [5.41, 5.74) is 9.26. The maximum Gasteiger partial charge on any atom is 0.253 e. The Kier molecular flexibility index (Phi) is 14.8. The molecule has 4 fully saturated rings. The van der Waals surface area contributed by atoms with E-state index in [9.17, 15) is 27.2 Å². The van der Waals surface area contributed by atoms with Crippen molar-refractivity contribution < 1.29 is 27.2 Å². The number of amides is 2. The van der Waals surface area contributed by atoms with Crippen LogP contribution < -0.4 is 5.32 Å². The molecular formula is C64H56F4N6O2. The van der Waals surface area contributed by atoms with Crippen LogP contribution in [0.1, 0.15) is 60.9 Å². The van der Waals surface area contributed by atoms with Crippen LogP contribution >= 0.6 is 0 Å². The number of carbonyl (C=O) groups is 2. The van der Waals surface area contributed by atoms with Crippen molar-refractivity contribution >= 4 is 40.3 Å². The number of hydrogen-bond acceptors (Lipinski definition) is 5. The summed E-state index contributed by atoms with van der Waals surface area (Å²) in [5, 5.41) is 16.9. The summed E-state index contributed by atoms with van der Waals surface area (Å²) in [5.74, 6) is 0.413. The van der Waals surface area contributed by atoms with E-state index >= 15 is 0 Å². The van der Waals surface area contributed by atoms with Crippen molar-refractivity contribution in [2.24, 2.45) is 17.8 Å². The number of likely N-dealkylation sites (tertiary alicyclic amines) is 2. The fraction of sp³-hybridized carbons (Fsp3) is 0.188. The number of aromatic nitrogens is 2. The number of nitrogens with zero attached hydrogens (tertiary/aromatic N) is 4. The summed E-state index contributed by atoms with van der Waals surface area (Å²) < 4.78 is 54.9. The van der Waals surface area contributed by atoms with Crippen LogP contribution in [0.15, 0.2) is 200 Å². The van der Waals surface area contributed by atoms with Gasteiger partial charge in [-0.05, 0) is 163 Å². The molecule has 4 aliphatic rings. The van der Waals surface area contributed by atoms with Gasteiger partial charge in [0.25, 0.3) is 11.8 Å². The first-order valence-corrected chi connectivity index (χ1v) is 25.4. The third-order valence-electron chi connectivity index (χ3n) is 14.9. The molecule has 0 spiro atoms. The van der Waals surface area contributed by atoms with Crippen LogP contribution in [0.25, 0.3) is 16.6 Å². The van der Waals surface area contributed by atoms with Gasteiger partial charge in [-0.15, -0.1) is 0 Å². The second-order valence-corrected chi connectivity index (χ2v) is 20.0. The van der Waals surface area contributed by atoms with Crippen LogP contribution in [0.3, 0.4) is 0 Å². The average molecular weight is 1020 g/mol. The Labute approximate surface area is 439 Å². The Balaban J connectivity index is 0.000000140. The van der Waals surface area contributed by atoms with E-state index in [0.29, 0.717) is 24.2 Å². The molecule has 8 aromatic carbocycles. The fourth-order valence-electron chi connectivity index (χ4n) is 11.0. The summed E-state index contributed by atoms with van der Waals surface area (Å²) in [6.45, 7) is 6.93. The Hall–Kier alpha value is -8.64. The zero-order chi connectivity index (χ0) is 52.9. The second-order valence-electron chi connectivity index (χ2n) is 20.0. The highest BCUT2D eigenvalue weighted by Gasteiger charge is 2.71. The van der Waals surface area contributed by atoms with Crippen LogP contribution in [0, 0.1) is 60.3 Å². The van der Waals surface area contributed by atoms with E-state index < -0.39 is 5.82 Å². The lowest BCUT2D eigenvalue weighted by atomic mass is 9.85. The predicted molar refractivity (Wildman–Crippen MR) is 292 cm³/mol. The predicted octanol–water partition coefficient (Wildman–Crippen LogP) is 13.9. The highest BCUT2D eigenvalue weighted by molar-refractivity contribution is 5.95. The van der Waals surface area contributed by atoms with E-state index in [0.717, 1.165) is 69.6 Å². The van der Waals surface area contributed by atoms with E-state index in [1.165, 1.54) is 72.3 Å². The van der Waals surface area contributed by atoms with Gasteiger partial charge < -0.3 is 20.5 Å². The summed E-state index contributed by atoms with van der Waals surface area (Å²) in [6, 6.07) is 56.9. The lowest BCUT2D eigenvalue weighted by Crippen LogP contribution is -2.34. The van der Waals surface area contributed by atoms with Gasteiger partial charge in [-0.1, -0.05) is 91.0 Å². The topological polar surface area (TPSA) is 94.3 Å². The van der Waals surface area contributed by atoms with Crippen molar-refractivity contribution in [2.45, 2.75) is 31.6 Å². The summed E-state index contributed by atoms with van der Waals surface area (Å²) in [4.78, 5) is 29.0. The van der Waals surface area contributed by atoms with Crippen molar-refractivity contribution in [1.82, 2.24) is 19.6 Å². The number of anilines is 2. The number of benzene rings is 8. The highest BCUT2D eigenvalue weighted by atomic mass is 19.1. The van der Waals surface area contributed by atoms with Gasteiger partial charge in [0.15, 0.2) is 0 Å². The molecule has 0 radical (unpaired) electrons. The molecule has 2 amide bonds. The summed E-state index contributed by atoms with van der Waals surface area (Å²) in [6.07, 6.45) is 4.41. The van der Waals surface area contributed by atoms with Crippen molar-refractivity contribution in [2.75, 3.05) is 31.5 Å². The molecule has 2 aliphatic carbocycles. The summed E-state index contributed by atoms with van der Waals surface area (Å²) in [7, 11) is 0. The molecule has 12 heteroatoms. The van der Waals surface area contributed by atoms with E-state index in [1.807, 2.05) is 94.3 Å². The molecule has 76 heavy (non-hydrogen) atoms. The van der Waals surface area contributed by atoms with Gasteiger partial charge in [0, 0.05) is 77.2 Å². The number of aryl methyl sites for hydroxylation is 2. The standard InChI is InChI=1S/C32H27F2N3O.C14H11FN2.C12H12FNO.C6H6/c1-20-14-29(36-26-12-10-24(33)11-13-26)23(17-35)16-27(20)32-19-37(31(38)22-8-5-9-25(34)15-22)18-28(32)30(32)21-6-3-2-4-7-21;1-10-2-3-11-9-16-17(14(11)8-10)13-6-4-12(15)5-7-13;13-11-3-1-2-8(5-11)12(15)14-6-9-4-10(9)7-14;1-2-4-6-5-3-1/h2-17,28,30,35-36H,18-19H2,1H3;2-9H,1H3;1-3,5,9-10H,4,6-7H2;1-6H. The normalized spacial score (nSPS) is 19.3. The Morgan fingerprint density at radius 2 is 1.20 bits per heavy atom. The first-order chi connectivity index (χ1) is 36.9. The third-order valence-corrected chi connectivity index (χ3v) is 14.9. The Morgan fingerprint density at radius 1 is 0.618 bits per heavy atom. The van der Waals surface area contributed by atoms with Crippen LogP contribution in [0.4, 0.5) is 28.9 Å². The number of nitrogens with one attached hydrogen (secondary N) is 2. The number of hydrogen-bond donors (Lipinski definition) is 2. The third kappa shape index (κ3) is 11.1. The molecular weight excluding hydrogens is 961 g/mol. The fourth-order valence-corrected chi connectivity index (χ4v) is 11.0. The maximum atomic E-state index is 13.9. The zero-order valence-electron chi connectivity index (χ0n) is 42.1. The molecule has 1 aromatic heterocycles. The molecule has 2 N–H and O–H groups in total. The molecule has 5 atom stereocenters. The minimum Gasteiger partial charge on any atom is -0.355 e. The first kappa shape index (κ1) is 50.9. The minimum atomic E-state index is -0.423. The van der Waals surface area contributed by atoms with Gasteiger partial charge in [0.1, 0.15) is 23.3 Å². The van der Waals surface area contributed by atoms with Crippen molar-refractivity contribution in [3.63, 3.8) is 0 Å². The Morgan fingerprint density at radius 3 is 1.79 bits per heavy atom. The van der Waals surface area contributed by atoms with Crippen LogP contribution in [0.5, 0.6) is 0 Å². The average Bonchev–Trinajstić information content (AvgIpc) is 4.26. The van der Waals surface area contributed by atoms with E-state index in [2.05, 4.69) is 47.7 Å². The van der Waals surface area contributed by atoms with Gasteiger partial charge in [-0.2, -0.15) is 5.10 Å². The first-order valence-electron chi connectivity index (χ1n) is 25.4. The second kappa shape index (κ2) is 22.1. The molecule has 382 valence electrons. The van der Waals surface area contributed by atoms with E-state index in [4.69, 9.17) is 5.41 Å². The highest BCUT2D eigenvalue weighted by Crippen LogP contribution is 2.70. The molecule has 3 heterocycles. The molecule has 5 unspecified atom stereocenters. The van der Waals surface area contributed by atoms with Gasteiger partial charge in [-0.25, -0.2) is 22.2 Å². The molecule has 13 rings (SSSR count). The van der Waals surface area contributed by atoms with Crippen molar-refractivity contribution in [1.29, 1.82) is 5.41 Å². The van der Waals surface area contributed by atoms with Gasteiger partial charge in [0.2, 0.25) is 0 Å². The molecule has 2 saturated heterocycles. The van der Waals surface area contributed by atoms with Crippen LogP contribution in [0.2, 0.25) is 0 Å². The van der Waals surface area contributed by atoms with Gasteiger partial charge in [-0.3, -0.25) is 9.59 Å². The van der Waals surface area contributed by atoms with Crippen LogP contribution in [-0.4, -0.2) is 63.8 Å². The molecule has 8 nitrogen and oxygen atoms in total. The van der Waals surface area contributed by atoms with Gasteiger partial charge >= 0.3 is 0 Å². The molecule has 0 bridgehead atoms. The number of fused-ring (bicyclic) bond motifs is 3. The van der Waals surface area contributed by atoms with Crippen molar-refractivity contribution in [3.05, 3.63) is 263 Å². The largest absolute Gasteiger partial charge is 0.355 e. The number of piperidine rings is 2. The minimum absolute atomic E-state index is 0.0262. The smallest absolute Gasteiger partial charge is 0.253 e. The Bertz CT molecular complexity index is 3480. The molecule has 9 aromatic rings. The SMILES string of the molecule is Cc1cc(Nc2ccc(F)cc2)c(C=N)cc1C12CN(C(=O)c3cccc(F)c3)CC1C2c1ccccc1.Cc1ccc2cnn(-c3ccc(F)cc3)c2c1.O=C(c1cccc(F)c1)N1CC2CC2C1.c1ccccc1. The number of carbonyl (C=O) groups excluding carboxylic acids is 2. The molecule has 2 aliphatic heterocycles. The lowest BCUT2D eigenvalue weighted by molar-refractivity contribution is 0.0764. The monoisotopic (exact) mass is 1020 g/mol. The van der Waals surface area contributed by atoms with Crippen molar-refractivity contribution in [3.8, 4) is 5.69 Å².